The van der Waals surface area contributed by atoms with E-state index in [0.717, 1.165) is 24.3 Å². The summed E-state index contributed by atoms with van der Waals surface area (Å²) >= 11 is 0. The number of rotatable bonds is 6. The normalized spacial score (nSPS) is 10.8. The van der Waals surface area contributed by atoms with E-state index in [1.807, 2.05) is 5.92 Å². The molecule has 12 heteroatoms. The van der Waals surface area contributed by atoms with Crippen LogP contribution < -0.4 is 9.47 Å². The smallest absolute Gasteiger partial charge is 0.432 e. The zero-order valence-electron chi connectivity index (χ0n) is 21.8. The molecule has 0 spiro atoms. The van der Waals surface area contributed by atoms with E-state index in [1.165, 1.54) is 6.08 Å². The molecular formula is C32H14F10O2. The predicted octanol–water partition coefficient (Wildman–Crippen LogP) is 8.29. The van der Waals surface area contributed by atoms with Crippen LogP contribution in [0.5, 0.6) is 11.5 Å². The van der Waals surface area contributed by atoms with Crippen molar-refractivity contribution in [3.05, 3.63) is 142 Å². The van der Waals surface area contributed by atoms with Crippen LogP contribution in [-0.2, 0) is 6.11 Å². The molecule has 0 unspecified atom stereocenters. The lowest BCUT2D eigenvalue weighted by molar-refractivity contribution is -0.189. The fourth-order valence-corrected chi connectivity index (χ4v) is 3.59. The Morgan fingerprint density at radius 2 is 1.14 bits per heavy atom. The second-order valence-corrected chi connectivity index (χ2v) is 8.69. The van der Waals surface area contributed by atoms with Gasteiger partial charge in [0.2, 0.25) is 0 Å². The molecule has 0 heterocycles. The van der Waals surface area contributed by atoms with E-state index in [2.05, 4.69) is 29.1 Å². The van der Waals surface area contributed by atoms with Gasteiger partial charge < -0.3 is 9.47 Å². The average molecular weight is 620 g/mol. The van der Waals surface area contributed by atoms with Gasteiger partial charge in [-0.1, -0.05) is 36.3 Å². The maximum Gasteiger partial charge on any atom is 0.432 e. The van der Waals surface area contributed by atoms with Crippen LogP contribution in [0.15, 0.2) is 67.3 Å². The minimum atomic E-state index is -4.58. The number of alkyl halides is 2. The molecule has 0 N–H and O–H groups in total. The number of benzene rings is 4. The first kappa shape index (κ1) is 31.6. The Morgan fingerprint density at radius 1 is 0.614 bits per heavy atom. The standard InChI is InChI=1S/C32H14F10O2/c1-2-9-43-21-15-26(36)30(27(37)16-21)32(41,42)44-20-7-6-19(23(33)14-20)5-3-17-10-24(34)22(25(35)11-17)8-4-18-12-28(38)31(40)29(39)13-18/h2,6-7,10-16H,1,9H2. The first-order valence-electron chi connectivity index (χ1n) is 12.1. The molecule has 44 heavy (non-hydrogen) atoms. The predicted molar refractivity (Wildman–Crippen MR) is 138 cm³/mol. The summed E-state index contributed by atoms with van der Waals surface area (Å²) in [5.74, 6) is -4.47. The Bertz CT molecular complexity index is 1830. The summed E-state index contributed by atoms with van der Waals surface area (Å²) < 4.78 is 150. The molecule has 2 nitrogen and oxygen atoms in total. The van der Waals surface area contributed by atoms with Crippen molar-refractivity contribution in [1.82, 2.24) is 0 Å². The molecule has 0 saturated carbocycles. The molecule has 0 atom stereocenters. The molecule has 0 aliphatic carbocycles. The van der Waals surface area contributed by atoms with Gasteiger partial charge in [0.05, 0.1) is 11.1 Å². The first-order valence-corrected chi connectivity index (χ1v) is 12.1. The highest BCUT2D eigenvalue weighted by Gasteiger charge is 2.41. The number of hydrogen-bond acceptors (Lipinski definition) is 2. The van der Waals surface area contributed by atoms with Gasteiger partial charge in [0, 0.05) is 29.3 Å². The van der Waals surface area contributed by atoms with Crippen LogP contribution >= 0.6 is 0 Å². The van der Waals surface area contributed by atoms with E-state index < -0.39 is 80.6 Å². The van der Waals surface area contributed by atoms with Gasteiger partial charge in [-0.05, 0) is 36.4 Å². The van der Waals surface area contributed by atoms with Crippen molar-refractivity contribution >= 4 is 0 Å². The van der Waals surface area contributed by atoms with Gasteiger partial charge in [-0.3, -0.25) is 0 Å². The second-order valence-electron chi connectivity index (χ2n) is 8.69. The molecule has 0 aromatic heterocycles. The summed E-state index contributed by atoms with van der Waals surface area (Å²) in [6.45, 7) is 3.20. The summed E-state index contributed by atoms with van der Waals surface area (Å²) in [7, 11) is 0. The molecule has 0 saturated heterocycles. The zero-order valence-corrected chi connectivity index (χ0v) is 21.8. The number of ether oxygens (including phenoxy) is 2. The van der Waals surface area contributed by atoms with Crippen LogP contribution in [0.4, 0.5) is 43.9 Å². The molecule has 0 bridgehead atoms. The quantitative estimate of drug-likeness (QED) is 0.0935. The molecule has 224 valence electrons. The third-order valence-electron chi connectivity index (χ3n) is 5.56. The highest BCUT2D eigenvalue weighted by molar-refractivity contribution is 5.50. The summed E-state index contributed by atoms with van der Waals surface area (Å²) in [6, 6.07) is 5.67. The summed E-state index contributed by atoms with van der Waals surface area (Å²) in [4.78, 5) is 0. The van der Waals surface area contributed by atoms with Crippen LogP contribution in [0.3, 0.4) is 0 Å². The van der Waals surface area contributed by atoms with E-state index in [4.69, 9.17) is 4.74 Å². The summed E-state index contributed by atoms with van der Waals surface area (Å²) in [6.07, 6.45) is -3.31. The molecule has 4 aromatic rings. The van der Waals surface area contributed by atoms with Gasteiger partial charge in [0.15, 0.2) is 17.5 Å². The molecule has 4 rings (SSSR count). The zero-order chi connectivity index (χ0) is 32.2. The van der Waals surface area contributed by atoms with Crippen molar-refractivity contribution < 1.29 is 53.4 Å². The van der Waals surface area contributed by atoms with E-state index in [-0.39, 0.29) is 17.9 Å². The van der Waals surface area contributed by atoms with E-state index in [0.29, 0.717) is 30.3 Å². The highest BCUT2D eigenvalue weighted by Crippen LogP contribution is 2.37. The molecular weight excluding hydrogens is 606 g/mol. The lowest BCUT2D eigenvalue weighted by Crippen LogP contribution is -2.25. The molecule has 0 fully saturated rings. The maximum absolute atomic E-state index is 14.6. The molecule has 4 aromatic carbocycles. The topological polar surface area (TPSA) is 18.5 Å². The van der Waals surface area contributed by atoms with Gasteiger partial charge in [-0.15, -0.1) is 0 Å². The van der Waals surface area contributed by atoms with Gasteiger partial charge in [0.1, 0.15) is 52.8 Å². The molecule has 0 aliphatic heterocycles. The van der Waals surface area contributed by atoms with Gasteiger partial charge in [-0.2, -0.15) is 8.78 Å². The van der Waals surface area contributed by atoms with Crippen LogP contribution in [0.1, 0.15) is 27.8 Å². The maximum atomic E-state index is 14.6. The Labute approximate surface area is 243 Å². The van der Waals surface area contributed by atoms with Crippen molar-refractivity contribution in [2.75, 3.05) is 6.61 Å². The third-order valence-corrected chi connectivity index (χ3v) is 5.56. The minimum Gasteiger partial charge on any atom is -0.489 e. The average Bonchev–Trinajstić information content (AvgIpc) is 2.93. The van der Waals surface area contributed by atoms with E-state index >= 15 is 0 Å². The van der Waals surface area contributed by atoms with Gasteiger partial charge in [-0.25, -0.2) is 35.1 Å². The van der Waals surface area contributed by atoms with Crippen molar-refractivity contribution in [1.29, 1.82) is 0 Å². The minimum absolute atomic E-state index is 0.144. The molecule has 0 aliphatic rings. The van der Waals surface area contributed by atoms with Gasteiger partial charge in [0.25, 0.3) is 0 Å². The van der Waals surface area contributed by atoms with Crippen LogP contribution in [0.2, 0.25) is 0 Å². The van der Waals surface area contributed by atoms with Crippen LogP contribution in [0, 0.1) is 70.2 Å². The Morgan fingerprint density at radius 3 is 1.68 bits per heavy atom. The third kappa shape index (κ3) is 7.16. The van der Waals surface area contributed by atoms with Crippen molar-refractivity contribution in [3.63, 3.8) is 0 Å². The van der Waals surface area contributed by atoms with E-state index in [1.54, 1.807) is 0 Å². The number of hydrogen-bond donors (Lipinski definition) is 0. The highest BCUT2D eigenvalue weighted by atomic mass is 19.3. The lowest BCUT2D eigenvalue weighted by atomic mass is 10.1. The van der Waals surface area contributed by atoms with Crippen LogP contribution in [0.25, 0.3) is 0 Å². The largest absolute Gasteiger partial charge is 0.489 e. The fourth-order valence-electron chi connectivity index (χ4n) is 3.59. The van der Waals surface area contributed by atoms with Crippen molar-refractivity contribution in [2.24, 2.45) is 0 Å². The summed E-state index contributed by atoms with van der Waals surface area (Å²) in [5.41, 5.74) is -3.68. The molecule has 0 radical (unpaired) electrons. The van der Waals surface area contributed by atoms with Gasteiger partial charge >= 0.3 is 6.11 Å². The van der Waals surface area contributed by atoms with E-state index in [9.17, 15) is 43.9 Å². The summed E-state index contributed by atoms with van der Waals surface area (Å²) in [5, 5.41) is 0. The fraction of sp³-hybridized carbons (Fsp3) is 0.0625. The molecule has 0 amide bonds. The second kappa shape index (κ2) is 12.9. The Balaban J connectivity index is 1.53. The van der Waals surface area contributed by atoms with Crippen molar-refractivity contribution in [3.8, 4) is 35.2 Å². The number of halogens is 10. The lowest BCUT2D eigenvalue weighted by Gasteiger charge is -2.20. The Hall–Kier alpha value is -5.36. The first-order chi connectivity index (χ1) is 20.8. The Kier molecular flexibility index (Phi) is 9.24. The monoisotopic (exact) mass is 620 g/mol. The van der Waals surface area contributed by atoms with Crippen molar-refractivity contribution in [2.45, 2.75) is 6.11 Å². The SMILES string of the molecule is C=CCOc1cc(F)c(C(F)(F)Oc2ccc(C#Cc3cc(F)c(C#Cc4cc(F)c(F)c(F)c4)c(F)c3)c(F)c2)c(F)c1. The van der Waals surface area contributed by atoms with Crippen LogP contribution in [-0.4, -0.2) is 6.61 Å².